The summed E-state index contributed by atoms with van der Waals surface area (Å²) >= 11 is 0. The number of halogens is 3. The molecule has 0 spiro atoms. The van der Waals surface area contributed by atoms with Gasteiger partial charge in [-0.3, -0.25) is 4.79 Å². The van der Waals surface area contributed by atoms with E-state index in [2.05, 4.69) is 0 Å². The van der Waals surface area contributed by atoms with Gasteiger partial charge in [-0.05, 0) is 49.1 Å². The first-order valence-electron chi connectivity index (χ1n) is 9.47. The lowest BCUT2D eigenvalue weighted by molar-refractivity contribution is -0.151. The molecule has 1 aliphatic rings. The molecular weight excluding hydrogens is 419 g/mol. The number of benzene rings is 2. The van der Waals surface area contributed by atoms with Gasteiger partial charge in [-0.2, -0.15) is 17.5 Å². The second-order valence-electron chi connectivity index (χ2n) is 7.24. The molecule has 0 N–H and O–H groups in total. The number of carbonyl (C=O) groups excluding carboxylic acids is 1. The second kappa shape index (κ2) is 8.77. The van der Waals surface area contributed by atoms with Gasteiger partial charge in [0.2, 0.25) is 10.0 Å². The fraction of sp³-hybridized carbons (Fsp3) is 0.381. The van der Waals surface area contributed by atoms with Crippen molar-refractivity contribution in [2.75, 3.05) is 13.1 Å². The minimum atomic E-state index is -4.63. The van der Waals surface area contributed by atoms with Crippen molar-refractivity contribution in [1.29, 1.82) is 0 Å². The highest BCUT2D eigenvalue weighted by molar-refractivity contribution is 7.89. The summed E-state index contributed by atoms with van der Waals surface area (Å²) in [6.07, 6.45) is -4.12. The van der Waals surface area contributed by atoms with Crippen LogP contribution >= 0.6 is 0 Å². The number of hydrogen-bond donors (Lipinski definition) is 0. The first-order chi connectivity index (χ1) is 14.1. The summed E-state index contributed by atoms with van der Waals surface area (Å²) in [5.41, 5.74) is 0.890. The maximum atomic E-state index is 12.9. The molecule has 0 saturated carbocycles. The van der Waals surface area contributed by atoms with Gasteiger partial charge in [-0.25, -0.2) is 8.42 Å². The minimum Gasteiger partial charge on any atom is -0.461 e. The van der Waals surface area contributed by atoms with Gasteiger partial charge >= 0.3 is 12.1 Å². The lowest BCUT2D eigenvalue weighted by atomic mass is 9.98. The SMILES string of the molecule is Cc1ccccc1COC(=O)C1CCN(S(=O)(=O)c2cccc(C(F)(F)F)c2)CC1. The summed E-state index contributed by atoms with van der Waals surface area (Å²) in [6.45, 7) is 2.15. The molecule has 2 aromatic carbocycles. The van der Waals surface area contributed by atoms with Gasteiger partial charge in [0.15, 0.2) is 0 Å². The first-order valence-corrected chi connectivity index (χ1v) is 10.9. The Hall–Kier alpha value is -2.39. The zero-order valence-electron chi connectivity index (χ0n) is 16.4. The average molecular weight is 441 g/mol. The van der Waals surface area contributed by atoms with Gasteiger partial charge in [-0.15, -0.1) is 0 Å². The van der Waals surface area contributed by atoms with E-state index in [-0.39, 0.29) is 32.5 Å². The Morgan fingerprint density at radius 3 is 2.40 bits per heavy atom. The molecule has 0 unspecified atom stereocenters. The van der Waals surface area contributed by atoms with Crippen molar-refractivity contribution in [3.8, 4) is 0 Å². The van der Waals surface area contributed by atoms with Crippen LogP contribution in [0, 0.1) is 12.8 Å². The fourth-order valence-corrected chi connectivity index (χ4v) is 4.87. The summed E-state index contributed by atoms with van der Waals surface area (Å²) in [7, 11) is -4.07. The third kappa shape index (κ3) is 5.02. The van der Waals surface area contributed by atoms with E-state index in [1.54, 1.807) is 0 Å². The Morgan fingerprint density at radius 2 is 1.77 bits per heavy atom. The number of nitrogens with zero attached hydrogens (tertiary/aromatic N) is 1. The van der Waals surface area contributed by atoms with E-state index >= 15 is 0 Å². The van der Waals surface area contributed by atoms with Crippen LogP contribution in [0.4, 0.5) is 13.2 Å². The van der Waals surface area contributed by atoms with Crippen molar-refractivity contribution in [2.45, 2.75) is 37.4 Å². The van der Waals surface area contributed by atoms with Gasteiger partial charge in [0, 0.05) is 13.1 Å². The number of sulfonamides is 1. The molecule has 0 aromatic heterocycles. The molecule has 1 saturated heterocycles. The normalized spacial score (nSPS) is 16.4. The van der Waals surface area contributed by atoms with Gasteiger partial charge < -0.3 is 4.74 Å². The van der Waals surface area contributed by atoms with Gasteiger partial charge in [0.25, 0.3) is 0 Å². The second-order valence-corrected chi connectivity index (χ2v) is 9.18. The highest BCUT2D eigenvalue weighted by Gasteiger charge is 2.35. The number of alkyl halides is 3. The maximum absolute atomic E-state index is 12.9. The Bertz CT molecular complexity index is 1010. The van der Waals surface area contributed by atoms with Crippen LogP contribution in [0.1, 0.15) is 29.5 Å². The molecule has 0 bridgehead atoms. The Labute approximate surface area is 173 Å². The quantitative estimate of drug-likeness (QED) is 0.654. The standard InChI is InChI=1S/C21H22F3NO4S/c1-15-5-2-3-6-17(15)14-29-20(26)16-9-11-25(12-10-16)30(27,28)19-8-4-7-18(13-19)21(22,23)24/h2-8,13,16H,9-12,14H2,1H3. The van der Waals surface area contributed by atoms with Crippen LogP contribution in [0.2, 0.25) is 0 Å². The van der Waals surface area contributed by atoms with Crippen molar-refractivity contribution in [2.24, 2.45) is 5.92 Å². The van der Waals surface area contributed by atoms with Crippen molar-refractivity contribution in [3.05, 3.63) is 65.2 Å². The van der Waals surface area contributed by atoms with E-state index in [9.17, 15) is 26.4 Å². The van der Waals surface area contributed by atoms with Crippen LogP contribution in [0.15, 0.2) is 53.4 Å². The van der Waals surface area contributed by atoms with Crippen molar-refractivity contribution in [3.63, 3.8) is 0 Å². The molecule has 1 fully saturated rings. The van der Waals surface area contributed by atoms with Gasteiger partial charge in [0.1, 0.15) is 6.61 Å². The average Bonchev–Trinajstić information content (AvgIpc) is 2.72. The molecule has 30 heavy (non-hydrogen) atoms. The maximum Gasteiger partial charge on any atom is 0.416 e. The summed E-state index contributed by atoms with van der Waals surface area (Å²) in [5.74, 6) is -0.837. The molecule has 0 amide bonds. The summed E-state index contributed by atoms with van der Waals surface area (Å²) < 4.78 is 70.7. The number of esters is 1. The van der Waals surface area contributed by atoms with E-state index in [1.165, 1.54) is 0 Å². The van der Waals surface area contributed by atoms with Gasteiger partial charge in [-0.1, -0.05) is 30.3 Å². The molecule has 9 heteroatoms. The van der Waals surface area contributed by atoms with E-state index in [1.807, 2.05) is 31.2 Å². The zero-order chi connectivity index (χ0) is 21.9. The Morgan fingerprint density at radius 1 is 1.10 bits per heavy atom. The van der Waals surface area contributed by atoms with E-state index in [0.717, 1.165) is 33.6 Å². The zero-order valence-corrected chi connectivity index (χ0v) is 17.2. The third-order valence-electron chi connectivity index (χ3n) is 5.22. The number of carbonyl (C=O) groups is 1. The topological polar surface area (TPSA) is 63.7 Å². The first kappa shape index (κ1) is 22.3. The van der Waals surface area contributed by atoms with E-state index < -0.39 is 38.5 Å². The predicted molar refractivity (Wildman–Crippen MR) is 104 cm³/mol. The van der Waals surface area contributed by atoms with Crippen LogP contribution in [0.25, 0.3) is 0 Å². The van der Waals surface area contributed by atoms with Crippen LogP contribution in [-0.4, -0.2) is 31.8 Å². The molecule has 3 rings (SSSR count). The van der Waals surface area contributed by atoms with E-state index in [0.29, 0.717) is 6.07 Å². The summed E-state index contributed by atoms with van der Waals surface area (Å²) in [5, 5.41) is 0. The fourth-order valence-electron chi connectivity index (χ4n) is 3.35. The van der Waals surface area contributed by atoms with Gasteiger partial charge in [0.05, 0.1) is 16.4 Å². The molecule has 162 valence electrons. The van der Waals surface area contributed by atoms with E-state index in [4.69, 9.17) is 4.74 Å². The molecule has 2 aromatic rings. The predicted octanol–water partition coefficient (Wildman–Crippen LogP) is 4.16. The lowest BCUT2D eigenvalue weighted by Gasteiger charge is -2.30. The third-order valence-corrected chi connectivity index (χ3v) is 7.11. The number of hydrogen-bond acceptors (Lipinski definition) is 4. The number of piperidine rings is 1. The monoisotopic (exact) mass is 441 g/mol. The molecule has 0 aliphatic carbocycles. The molecule has 5 nitrogen and oxygen atoms in total. The number of rotatable bonds is 5. The largest absolute Gasteiger partial charge is 0.461 e. The number of aryl methyl sites for hydroxylation is 1. The van der Waals surface area contributed by atoms with Crippen LogP contribution in [0.5, 0.6) is 0 Å². The Kier molecular flexibility index (Phi) is 6.52. The molecule has 0 atom stereocenters. The lowest BCUT2D eigenvalue weighted by Crippen LogP contribution is -2.40. The van der Waals surface area contributed by atoms with Crippen molar-refractivity contribution in [1.82, 2.24) is 4.31 Å². The molecule has 1 heterocycles. The molecular formula is C21H22F3NO4S. The molecule has 1 aliphatic heterocycles. The van der Waals surface area contributed by atoms with Crippen LogP contribution < -0.4 is 0 Å². The highest BCUT2D eigenvalue weighted by Crippen LogP contribution is 2.32. The summed E-state index contributed by atoms with van der Waals surface area (Å²) in [4.78, 5) is 11.9. The van der Waals surface area contributed by atoms with Crippen molar-refractivity contribution >= 4 is 16.0 Å². The van der Waals surface area contributed by atoms with Crippen LogP contribution in [-0.2, 0) is 32.3 Å². The Balaban J connectivity index is 1.61. The summed E-state index contributed by atoms with van der Waals surface area (Å²) in [6, 6.07) is 11.2. The molecule has 0 radical (unpaired) electrons. The minimum absolute atomic E-state index is 0.0444. The van der Waals surface area contributed by atoms with Crippen LogP contribution in [0.3, 0.4) is 0 Å². The van der Waals surface area contributed by atoms with Crippen molar-refractivity contribution < 1.29 is 31.1 Å². The smallest absolute Gasteiger partial charge is 0.416 e. The highest BCUT2D eigenvalue weighted by atomic mass is 32.2. The number of ether oxygens (including phenoxy) is 1.